The summed E-state index contributed by atoms with van der Waals surface area (Å²) in [5, 5.41) is 3.16. The van der Waals surface area contributed by atoms with Gasteiger partial charge in [-0.15, -0.1) is 0 Å². The highest BCUT2D eigenvalue weighted by molar-refractivity contribution is 7.88. The minimum absolute atomic E-state index is 0.0625. The monoisotopic (exact) mass is 312 g/mol. The van der Waals surface area contributed by atoms with Gasteiger partial charge in [0.15, 0.2) is 0 Å². The summed E-state index contributed by atoms with van der Waals surface area (Å²) in [5.41, 5.74) is 0.915. The Labute approximate surface area is 124 Å². The average molecular weight is 312 g/mol. The van der Waals surface area contributed by atoms with E-state index < -0.39 is 16.0 Å². The number of benzene rings is 1. The quantitative estimate of drug-likeness (QED) is 0.780. The fourth-order valence-electron chi connectivity index (χ4n) is 2.37. The van der Waals surface area contributed by atoms with Gasteiger partial charge in [-0.1, -0.05) is 12.1 Å². The Kier molecular flexibility index (Phi) is 5.33. The van der Waals surface area contributed by atoms with E-state index in [2.05, 4.69) is 14.8 Å². The normalized spacial score (nSPS) is 19.2. The van der Waals surface area contributed by atoms with Crippen LogP contribution in [0, 0.1) is 0 Å². The van der Waals surface area contributed by atoms with E-state index in [0.717, 1.165) is 19.4 Å². The summed E-state index contributed by atoms with van der Waals surface area (Å²) in [4.78, 5) is 11.5. The van der Waals surface area contributed by atoms with Gasteiger partial charge in [-0.25, -0.2) is 17.9 Å². The van der Waals surface area contributed by atoms with Gasteiger partial charge in [0.05, 0.1) is 18.4 Å². The Morgan fingerprint density at radius 3 is 2.95 bits per heavy atom. The van der Waals surface area contributed by atoms with Crippen LogP contribution in [-0.4, -0.2) is 40.6 Å². The number of carbonyl (C=O) groups is 1. The van der Waals surface area contributed by atoms with Gasteiger partial charge in [-0.05, 0) is 37.1 Å². The third-order valence-electron chi connectivity index (χ3n) is 3.35. The van der Waals surface area contributed by atoms with E-state index in [9.17, 15) is 13.2 Å². The first-order valence-corrected chi connectivity index (χ1v) is 8.53. The molecule has 1 aromatic carbocycles. The Balaban J connectivity index is 2.03. The van der Waals surface area contributed by atoms with Crippen LogP contribution in [0.1, 0.15) is 28.8 Å². The second-order valence-corrected chi connectivity index (χ2v) is 6.87. The predicted molar refractivity (Wildman–Crippen MR) is 79.4 cm³/mol. The summed E-state index contributed by atoms with van der Waals surface area (Å²) in [6, 6.07) is 6.42. The molecule has 1 heterocycles. The molecule has 21 heavy (non-hydrogen) atoms. The molecule has 0 amide bonds. The zero-order chi connectivity index (χ0) is 15.3. The van der Waals surface area contributed by atoms with Gasteiger partial charge >= 0.3 is 5.97 Å². The van der Waals surface area contributed by atoms with Crippen LogP contribution >= 0.6 is 0 Å². The number of methoxy groups -OCH3 is 1. The molecule has 116 valence electrons. The number of sulfonamides is 1. The molecule has 6 nitrogen and oxygen atoms in total. The van der Waals surface area contributed by atoms with Gasteiger partial charge in [0.2, 0.25) is 10.0 Å². The van der Waals surface area contributed by atoms with Crippen LogP contribution in [0.15, 0.2) is 24.3 Å². The van der Waals surface area contributed by atoms with E-state index in [0.29, 0.717) is 17.7 Å². The number of hydrogen-bond acceptors (Lipinski definition) is 5. The third-order valence-corrected chi connectivity index (χ3v) is 4.75. The number of nitrogens with one attached hydrogen (secondary N) is 2. The van der Waals surface area contributed by atoms with E-state index in [4.69, 9.17) is 0 Å². The number of esters is 1. The SMILES string of the molecule is COC(=O)c1cccc(CS(=O)(=O)N[C@@H]2CCCNC2)c1. The Morgan fingerprint density at radius 1 is 1.48 bits per heavy atom. The maximum absolute atomic E-state index is 12.2. The third kappa shape index (κ3) is 4.80. The average Bonchev–Trinajstić information content (AvgIpc) is 2.46. The smallest absolute Gasteiger partial charge is 0.337 e. The van der Waals surface area contributed by atoms with Crippen LogP contribution in [-0.2, 0) is 20.5 Å². The molecule has 1 aliphatic heterocycles. The number of hydrogen-bond donors (Lipinski definition) is 2. The lowest BCUT2D eigenvalue weighted by Gasteiger charge is -2.23. The summed E-state index contributed by atoms with van der Waals surface area (Å²) in [6.07, 6.45) is 1.81. The van der Waals surface area contributed by atoms with E-state index in [1.54, 1.807) is 24.3 Å². The Morgan fingerprint density at radius 2 is 2.29 bits per heavy atom. The second-order valence-electron chi connectivity index (χ2n) is 5.11. The molecule has 1 atom stereocenters. The summed E-state index contributed by atoms with van der Waals surface area (Å²) in [7, 11) is -2.13. The van der Waals surface area contributed by atoms with Crippen molar-refractivity contribution in [1.82, 2.24) is 10.0 Å². The van der Waals surface area contributed by atoms with Gasteiger partial charge < -0.3 is 10.1 Å². The Bertz CT molecular complexity index is 595. The predicted octanol–water partition coefficient (Wildman–Crippen LogP) is 0.645. The van der Waals surface area contributed by atoms with Gasteiger partial charge in [0, 0.05) is 12.6 Å². The van der Waals surface area contributed by atoms with Gasteiger partial charge in [0.1, 0.15) is 0 Å². The molecule has 0 aliphatic carbocycles. The highest BCUT2D eigenvalue weighted by Crippen LogP contribution is 2.11. The first-order chi connectivity index (χ1) is 10.00. The molecule has 1 aromatic rings. The number of rotatable bonds is 5. The zero-order valence-electron chi connectivity index (χ0n) is 12.0. The molecule has 0 bridgehead atoms. The molecular formula is C14H20N2O4S. The molecule has 0 radical (unpaired) electrons. The van der Waals surface area contributed by atoms with E-state index in [1.165, 1.54) is 7.11 Å². The number of piperidine rings is 1. The first-order valence-electron chi connectivity index (χ1n) is 6.88. The standard InChI is InChI=1S/C14H20N2O4S/c1-20-14(17)12-5-2-4-11(8-12)10-21(18,19)16-13-6-3-7-15-9-13/h2,4-5,8,13,15-16H,3,6-7,9-10H2,1H3/t13-/m1/s1. The maximum atomic E-state index is 12.2. The largest absolute Gasteiger partial charge is 0.465 e. The number of carbonyl (C=O) groups excluding carboxylic acids is 1. The van der Waals surface area contributed by atoms with Crippen LogP contribution in [0.25, 0.3) is 0 Å². The van der Waals surface area contributed by atoms with Gasteiger partial charge in [0.25, 0.3) is 0 Å². The minimum atomic E-state index is -3.43. The number of ether oxygens (including phenoxy) is 1. The molecule has 0 unspecified atom stereocenters. The summed E-state index contributed by atoms with van der Waals surface area (Å²) in [5.74, 6) is -0.618. The van der Waals surface area contributed by atoms with Crippen LogP contribution in [0.2, 0.25) is 0 Å². The maximum Gasteiger partial charge on any atom is 0.337 e. The zero-order valence-corrected chi connectivity index (χ0v) is 12.8. The summed E-state index contributed by atoms with van der Waals surface area (Å²) < 4.78 is 31.7. The van der Waals surface area contributed by atoms with Crippen molar-refractivity contribution >= 4 is 16.0 Å². The summed E-state index contributed by atoms with van der Waals surface area (Å²) in [6.45, 7) is 1.58. The van der Waals surface area contributed by atoms with E-state index >= 15 is 0 Å². The molecule has 0 spiro atoms. The molecule has 1 fully saturated rings. The lowest BCUT2D eigenvalue weighted by Crippen LogP contribution is -2.45. The van der Waals surface area contributed by atoms with Crippen molar-refractivity contribution in [2.45, 2.75) is 24.6 Å². The van der Waals surface area contributed by atoms with Crippen molar-refractivity contribution in [3.63, 3.8) is 0 Å². The van der Waals surface area contributed by atoms with Crippen molar-refractivity contribution in [2.24, 2.45) is 0 Å². The van der Waals surface area contributed by atoms with Crippen molar-refractivity contribution in [3.8, 4) is 0 Å². The molecule has 1 aliphatic rings. The molecule has 2 rings (SSSR count). The van der Waals surface area contributed by atoms with E-state index in [1.807, 2.05) is 0 Å². The van der Waals surface area contributed by atoms with Crippen molar-refractivity contribution in [3.05, 3.63) is 35.4 Å². The first kappa shape index (κ1) is 15.9. The molecule has 2 N–H and O–H groups in total. The van der Waals surface area contributed by atoms with Crippen LogP contribution in [0.4, 0.5) is 0 Å². The highest BCUT2D eigenvalue weighted by Gasteiger charge is 2.20. The van der Waals surface area contributed by atoms with Gasteiger partial charge in [-0.3, -0.25) is 0 Å². The second kappa shape index (κ2) is 7.02. The van der Waals surface area contributed by atoms with Crippen molar-refractivity contribution in [2.75, 3.05) is 20.2 Å². The van der Waals surface area contributed by atoms with Crippen LogP contribution in [0.3, 0.4) is 0 Å². The fourth-order valence-corrected chi connectivity index (χ4v) is 3.78. The molecule has 0 aromatic heterocycles. The molecule has 7 heteroatoms. The van der Waals surface area contributed by atoms with Crippen LogP contribution in [0.5, 0.6) is 0 Å². The summed E-state index contributed by atoms with van der Waals surface area (Å²) >= 11 is 0. The topological polar surface area (TPSA) is 84.5 Å². The van der Waals surface area contributed by atoms with Gasteiger partial charge in [-0.2, -0.15) is 0 Å². The molecular weight excluding hydrogens is 292 g/mol. The lowest BCUT2D eigenvalue weighted by atomic mass is 10.1. The molecule has 1 saturated heterocycles. The highest BCUT2D eigenvalue weighted by atomic mass is 32.2. The minimum Gasteiger partial charge on any atom is -0.465 e. The van der Waals surface area contributed by atoms with Crippen molar-refractivity contribution < 1.29 is 17.9 Å². The van der Waals surface area contributed by atoms with Crippen molar-refractivity contribution in [1.29, 1.82) is 0 Å². The Hall–Kier alpha value is -1.44. The van der Waals surface area contributed by atoms with E-state index in [-0.39, 0.29) is 11.8 Å². The lowest BCUT2D eigenvalue weighted by molar-refractivity contribution is 0.0600. The van der Waals surface area contributed by atoms with Crippen LogP contribution < -0.4 is 10.0 Å². The fraction of sp³-hybridized carbons (Fsp3) is 0.500. The molecule has 0 saturated carbocycles.